The monoisotopic (exact) mass is 707 g/mol. The van der Waals surface area contributed by atoms with Gasteiger partial charge in [0.2, 0.25) is 11.8 Å². The van der Waals surface area contributed by atoms with Crippen LogP contribution in [0.2, 0.25) is 10.0 Å². The van der Waals surface area contributed by atoms with Crippen molar-refractivity contribution in [1.29, 1.82) is 0 Å². The second kappa shape index (κ2) is 15.9. The minimum atomic E-state index is -4.23. The molecule has 1 aliphatic rings. The van der Waals surface area contributed by atoms with Crippen LogP contribution >= 0.6 is 23.2 Å². The van der Waals surface area contributed by atoms with Gasteiger partial charge in [0.15, 0.2) is 0 Å². The highest BCUT2D eigenvalue weighted by atomic mass is 35.5. The summed E-state index contributed by atoms with van der Waals surface area (Å²) in [6.45, 7) is 2.91. The summed E-state index contributed by atoms with van der Waals surface area (Å²) in [4.78, 5) is 29.3. The average molecular weight is 709 g/mol. The first-order chi connectivity index (χ1) is 23.0. The molecule has 48 heavy (non-hydrogen) atoms. The third-order valence-corrected chi connectivity index (χ3v) is 10.8. The molecule has 0 aromatic heterocycles. The molecule has 1 saturated carbocycles. The summed E-state index contributed by atoms with van der Waals surface area (Å²) in [6, 6.07) is 26.2. The molecule has 2 amide bonds. The first-order valence-corrected chi connectivity index (χ1v) is 18.2. The molecule has 252 valence electrons. The van der Waals surface area contributed by atoms with Crippen molar-refractivity contribution in [1.82, 2.24) is 10.2 Å². The van der Waals surface area contributed by atoms with Crippen LogP contribution in [0.5, 0.6) is 11.5 Å². The fraction of sp³-hybridized carbons (Fsp3) is 0.297. The smallest absolute Gasteiger partial charge is 0.264 e. The number of anilines is 1. The zero-order valence-corrected chi connectivity index (χ0v) is 29.3. The lowest BCUT2D eigenvalue weighted by Crippen LogP contribution is -2.53. The first-order valence-electron chi connectivity index (χ1n) is 16.0. The number of nitrogens with zero attached hydrogens (tertiary/aromatic N) is 2. The Labute approximate surface area is 292 Å². The Hall–Kier alpha value is -4.05. The number of nitrogens with one attached hydrogen (secondary N) is 1. The van der Waals surface area contributed by atoms with Crippen LogP contribution in [-0.2, 0) is 26.2 Å². The largest absolute Gasteiger partial charge is 0.457 e. The lowest BCUT2D eigenvalue weighted by molar-refractivity contribution is -0.139. The van der Waals surface area contributed by atoms with E-state index in [0.29, 0.717) is 27.1 Å². The van der Waals surface area contributed by atoms with E-state index in [2.05, 4.69) is 5.32 Å². The van der Waals surface area contributed by atoms with E-state index in [1.54, 1.807) is 61.5 Å². The van der Waals surface area contributed by atoms with E-state index in [-0.39, 0.29) is 29.1 Å². The lowest BCUT2D eigenvalue weighted by atomic mass is 9.95. The first kappa shape index (κ1) is 35.3. The molecule has 8 nitrogen and oxygen atoms in total. The van der Waals surface area contributed by atoms with Crippen molar-refractivity contribution >= 4 is 50.7 Å². The molecular weight excluding hydrogens is 669 g/mol. The third kappa shape index (κ3) is 8.89. The standard InChI is InChI=1S/C37H39Cl2N3O5S/c1-26-13-21-34(22-14-26)48(45,46)42(31-17-19-33(20-18-31)47-32-11-7-4-8-12-32)25-36(43)41(24-28-15-16-29(38)23-35(28)39)27(2)37(44)40-30-9-5-3-6-10-30/h4,7-8,11-23,27,30H,3,5-6,9-10,24-25H2,1-2H3,(H,40,44). The highest BCUT2D eigenvalue weighted by molar-refractivity contribution is 7.92. The number of halogens is 2. The topological polar surface area (TPSA) is 96.0 Å². The maximum atomic E-state index is 14.3. The molecule has 4 aromatic rings. The van der Waals surface area contributed by atoms with Gasteiger partial charge < -0.3 is 15.0 Å². The minimum absolute atomic E-state index is 0.0276. The van der Waals surface area contributed by atoms with E-state index in [9.17, 15) is 18.0 Å². The number of amides is 2. The Morgan fingerprint density at radius 2 is 1.52 bits per heavy atom. The Morgan fingerprint density at radius 3 is 2.17 bits per heavy atom. The number of para-hydroxylation sites is 1. The predicted octanol–water partition coefficient (Wildman–Crippen LogP) is 8.16. The van der Waals surface area contributed by atoms with Crippen molar-refractivity contribution in [3.05, 3.63) is 118 Å². The number of rotatable bonds is 12. The molecule has 11 heteroatoms. The molecule has 1 aliphatic carbocycles. The molecule has 1 atom stereocenters. The molecule has 1 fully saturated rings. The van der Waals surface area contributed by atoms with Gasteiger partial charge in [-0.1, -0.05) is 84.4 Å². The summed E-state index contributed by atoms with van der Waals surface area (Å²) in [6.07, 6.45) is 4.95. The molecule has 4 aromatic carbocycles. The van der Waals surface area contributed by atoms with Crippen LogP contribution in [0.3, 0.4) is 0 Å². The zero-order chi connectivity index (χ0) is 34.3. The van der Waals surface area contributed by atoms with Gasteiger partial charge in [0.1, 0.15) is 24.1 Å². The second-order valence-electron chi connectivity index (χ2n) is 12.0. The van der Waals surface area contributed by atoms with Crippen LogP contribution in [0.4, 0.5) is 5.69 Å². The van der Waals surface area contributed by atoms with Crippen LogP contribution in [0, 0.1) is 6.92 Å². The fourth-order valence-electron chi connectivity index (χ4n) is 5.66. The van der Waals surface area contributed by atoms with E-state index in [0.717, 1.165) is 42.0 Å². The highest BCUT2D eigenvalue weighted by Gasteiger charge is 2.33. The summed E-state index contributed by atoms with van der Waals surface area (Å²) in [5, 5.41) is 3.87. The van der Waals surface area contributed by atoms with Crippen molar-refractivity contribution < 1.29 is 22.7 Å². The summed E-state index contributed by atoms with van der Waals surface area (Å²) in [7, 11) is -4.23. The minimum Gasteiger partial charge on any atom is -0.457 e. The van der Waals surface area contributed by atoms with Gasteiger partial charge >= 0.3 is 0 Å². The Bertz CT molecular complexity index is 1810. The van der Waals surface area contributed by atoms with Gasteiger partial charge in [0.05, 0.1) is 10.6 Å². The number of ether oxygens (including phenoxy) is 1. The summed E-state index contributed by atoms with van der Waals surface area (Å²) in [5.41, 5.74) is 1.72. The van der Waals surface area contributed by atoms with Gasteiger partial charge in [-0.15, -0.1) is 0 Å². The average Bonchev–Trinajstić information content (AvgIpc) is 3.08. The van der Waals surface area contributed by atoms with Crippen LogP contribution in [0.1, 0.15) is 50.2 Å². The predicted molar refractivity (Wildman–Crippen MR) is 190 cm³/mol. The molecule has 0 bridgehead atoms. The summed E-state index contributed by atoms with van der Waals surface area (Å²) < 4.78 is 35.4. The number of aryl methyl sites for hydroxylation is 1. The lowest BCUT2D eigenvalue weighted by Gasteiger charge is -2.33. The third-order valence-electron chi connectivity index (χ3n) is 8.47. The molecule has 0 radical (unpaired) electrons. The van der Waals surface area contributed by atoms with Gasteiger partial charge in [-0.25, -0.2) is 8.42 Å². The number of carbonyl (C=O) groups is 2. The number of sulfonamides is 1. The SMILES string of the molecule is Cc1ccc(S(=O)(=O)N(CC(=O)N(Cc2ccc(Cl)cc2Cl)C(C)C(=O)NC2CCCCC2)c2ccc(Oc3ccccc3)cc2)cc1. The van der Waals surface area contributed by atoms with Crippen LogP contribution in [-0.4, -0.2) is 43.8 Å². The van der Waals surface area contributed by atoms with Crippen LogP contribution in [0.25, 0.3) is 0 Å². The summed E-state index contributed by atoms with van der Waals surface area (Å²) in [5.74, 6) is 0.237. The molecule has 0 saturated heterocycles. The van der Waals surface area contributed by atoms with Crippen molar-refractivity contribution in [2.75, 3.05) is 10.8 Å². The van der Waals surface area contributed by atoms with Gasteiger partial charge in [0.25, 0.3) is 10.0 Å². The number of hydrogen-bond acceptors (Lipinski definition) is 5. The van der Waals surface area contributed by atoms with Crippen molar-refractivity contribution in [2.24, 2.45) is 0 Å². The molecule has 5 rings (SSSR count). The molecule has 1 N–H and O–H groups in total. The maximum Gasteiger partial charge on any atom is 0.264 e. The van der Waals surface area contributed by atoms with Crippen molar-refractivity contribution in [3.63, 3.8) is 0 Å². The Balaban J connectivity index is 1.48. The fourth-order valence-corrected chi connectivity index (χ4v) is 7.54. The molecular formula is C37H39Cl2N3O5S. The number of carbonyl (C=O) groups excluding carboxylic acids is 2. The van der Waals surface area contributed by atoms with E-state index in [1.807, 2.05) is 37.3 Å². The zero-order valence-electron chi connectivity index (χ0n) is 26.9. The van der Waals surface area contributed by atoms with Crippen molar-refractivity contribution in [3.8, 4) is 11.5 Å². The van der Waals surface area contributed by atoms with Gasteiger partial charge in [0, 0.05) is 22.6 Å². The van der Waals surface area contributed by atoms with E-state index in [4.69, 9.17) is 27.9 Å². The van der Waals surface area contributed by atoms with Crippen molar-refractivity contribution in [2.45, 2.75) is 69.5 Å². The molecule has 0 aliphatic heterocycles. The van der Waals surface area contributed by atoms with Crippen LogP contribution in [0.15, 0.2) is 102 Å². The van der Waals surface area contributed by atoms with E-state index in [1.165, 1.54) is 17.0 Å². The number of hydrogen-bond donors (Lipinski definition) is 1. The second-order valence-corrected chi connectivity index (χ2v) is 14.7. The summed E-state index contributed by atoms with van der Waals surface area (Å²) >= 11 is 12.7. The Morgan fingerprint density at radius 1 is 0.875 bits per heavy atom. The molecule has 0 spiro atoms. The maximum absolute atomic E-state index is 14.3. The molecule has 0 heterocycles. The van der Waals surface area contributed by atoms with Gasteiger partial charge in [-0.3, -0.25) is 13.9 Å². The highest BCUT2D eigenvalue weighted by Crippen LogP contribution is 2.30. The number of benzene rings is 4. The quantitative estimate of drug-likeness (QED) is 0.160. The van der Waals surface area contributed by atoms with Crippen LogP contribution < -0.4 is 14.4 Å². The Kier molecular flexibility index (Phi) is 11.7. The van der Waals surface area contributed by atoms with Gasteiger partial charge in [-0.2, -0.15) is 0 Å². The van der Waals surface area contributed by atoms with Gasteiger partial charge in [-0.05, 0) is 92.9 Å². The molecule has 1 unspecified atom stereocenters. The van der Waals surface area contributed by atoms with E-state index >= 15 is 0 Å². The van der Waals surface area contributed by atoms with E-state index < -0.39 is 28.5 Å². The normalized spacial score (nSPS) is 14.2.